The van der Waals surface area contributed by atoms with Crippen LogP contribution in [-0.4, -0.2) is 30.1 Å². The van der Waals surface area contributed by atoms with Gasteiger partial charge in [-0.3, -0.25) is 10.1 Å². The highest BCUT2D eigenvalue weighted by molar-refractivity contribution is 5.98. The SMILES string of the molecule is CCOC(=O)CCCOc1cccc(C2N=C(NC#N)Nc3nc(N)c(C#N)c(N)c32)c1. The molecule has 0 saturated carbocycles. The maximum atomic E-state index is 11.4. The lowest BCUT2D eigenvalue weighted by Crippen LogP contribution is -2.32. The van der Waals surface area contributed by atoms with E-state index >= 15 is 0 Å². The molecule has 0 amide bonds. The predicted octanol–water partition coefficient (Wildman–Crippen LogP) is 1.78. The van der Waals surface area contributed by atoms with Crippen LogP contribution in [0.1, 0.15) is 42.5 Å². The third kappa shape index (κ3) is 4.79. The third-order valence-corrected chi connectivity index (χ3v) is 4.63. The van der Waals surface area contributed by atoms with Gasteiger partial charge >= 0.3 is 5.97 Å². The summed E-state index contributed by atoms with van der Waals surface area (Å²) in [4.78, 5) is 20.2. The van der Waals surface area contributed by atoms with Crippen molar-refractivity contribution in [3.63, 3.8) is 0 Å². The minimum absolute atomic E-state index is 0.0214. The van der Waals surface area contributed by atoms with Gasteiger partial charge in [-0.25, -0.2) is 9.98 Å². The zero-order valence-electron chi connectivity index (χ0n) is 17.4. The summed E-state index contributed by atoms with van der Waals surface area (Å²) in [7, 11) is 0. The molecule has 0 aliphatic carbocycles. The number of nitrogens with two attached hydrogens (primary N) is 2. The second-order valence-corrected chi connectivity index (χ2v) is 6.73. The number of nitrogen functional groups attached to an aromatic ring is 2. The predicted molar refractivity (Wildman–Crippen MR) is 117 cm³/mol. The van der Waals surface area contributed by atoms with Gasteiger partial charge in [0.15, 0.2) is 6.19 Å². The normalized spacial score (nSPS) is 14.1. The fraction of sp³-hybridized carbons (Fsp3) is 0.286. The number of carbonyl (C=O) groups excluding carboxylic acids is 1. The maximum absolute atomic E-state index is 11.4. The number of carbonyl (C=O) groups is 1. The standard InChI is InChI=1S/C21H22N8O3/c1-2-31-15(30)7-4-8-32-13-6-3-5-12(9-13)18-16-17(24)14(10-22)19(25)28-20(16)29-21(27-18)26-11-23/h3,5-6,9,18H,2,4,7-8H2,1H3,(H6,24,25,26,27,28,29). The van der Waals surface area contributed by atoms with E-state index in [1.807, 2.05) is 18.3 Å². The van der Waals surface area contributed by atoms with Crippen LogP contribution < -0.4 is 26.8 Å². The number of fused-ring (bicyclic) bond motifs is 1. The first-order valence-electron chi connectivity index (χ1n) is 9.85. The molecule has 2 aromatic rings. The van der Waals surface area contributed by atoms with E-state index in [0.29, 0.717) is 42.3 Å². The summed E-state index contributed by atoms with van der Waals surface area (Å²) < 4.78 is 10.7. The Bertz CT molecular complexity index is 1130. The van der Waals surface area contributed by atoms with E-state index in [0.717, 1.165) is 0 Å². The number of aliphatic imine (C=N–C) groups is 1. The van der Waals surface area contributed by atoms with Crippen molar-refractivity contribution in [3.05, 3.63) is 41.0 Å². The topological polar surface area (TPSA) is 184 Å². The Morgan fingerprint density at radius 1 is 1.34 bits per heavy atom. The van der Waals surface area contributed by atoms with Crippen LogP contribution in [0.4, 0.5) is 17.3 Å². The third-order valence-electron chi connectivity index (χ3n) is 4.63. The average molecular weight is 434 g/mol. The van der Waals surface area contributed by atoms with Crippen LogP contribution in [0.5, 0.6) is 5.75 Å². The number of guanidine groups is 1. The van der Waals surface area contributed by atoms with Crippen LogP contribution in [0.25, 0.3) is 0 Å². The molecule has 1 unspecified atom stereocenters. The average Bonchev–Trinajstić information content (AvgIpc) is 2.77. The Morgan fingerprint density at radius 3 is 2.88 bits per heavy atom. The maximum Gasteiger partial charge on any atom is 0.305 e. The molecule has 11 nitrogen and oxygen atoms in total. The number of nitriles is 2. The van der Waals surface area contributed by atoms with Crippen LogP contribution in [0.15, 0.2) is 29.3 Å². The number of nitrogens with zero attached hydrogens (tertiary/aromatic N) is 4. The molecule has 6 N–H and O–H groups in total. The van der Waals surface area contributed by atoms with Crippen molar-refractivity contribution in [2.45, 2.75) is 25.8 Å². The van der Waals surface area contributed by atoms with Gasteiger partial charge in [0.1, 0.15) is 35.1 Å². The number of pyridine rings is 1. The largest absolute Gasteiger partial charge is 0.494 e. The van der Waals surface area contributed by atoms with Gasteiger partial charge in [-0.15, -0.1) is 0 Å². The van der Waals surface area contributed by atoms with E-state index in [9.17, 15) is 10.1 Å². The minimum atomic E-state index is -0.662. The smallest absolute Gasteiger partial charge is 0.305 e. The number of anilines is 3. The molecule has 164 valence electrons. The Labute approximate surface area is 184 Å². The summed E-state index contributed by atoms with van der Waals surface area (Å²) in [6.07, 6.45) is 2.58. The van der Waals surface area contributed by atoms with Gasteiger partial charge in [0, 0.05) is 12.0 Å². The summed E-state index contributed by atoms with van der Waals surface area (Å²) >= 11 is 0. The summed E-state index contributed by atoms with van der Waals surface area (Å²) in [5, 5.41) is 23.7. The summed E-state index contributed by atoms with van der Waals surface area (Å²) in [6.45, 7) is 2.43. The molecule has 11 heteroatoms. The number of benzene rings is 1. The Kier molecular flexibility index (Phi) is 6.93. The van der Waals surface area contributed by atoms with Crippen molar-refractivity contribution in [1.82, 2.24) is 10.3 Å². The van der Waals surface area contributed by atoms with Crippen molar-refractivity contribution in [3.8, 4) is 18.0 Å². The fourth-order valence-corrected chi connectivity index (χ4v) is 3.24. The van der Waals surface area contributed by atoms with Crippen molar-refractivity contribution < 1.29 is 14.3 Å². The van der Waals surface area contributed by atoms with Crippen molar-refractivity contribution >= 4 is 29.3 Å². The molecule has 2 heterocycles. The van der Waals surface area contributed by atoms with Crippen LogP contribution in [-0.2, 0) is 9.53 Å². The lowest BCUT2D eigenvalue weighted by molar-refractivity contribution is -0.143. The number of ether oxygens (including phenoxy) is 2. The second kappa shape index (κ2) is 10.00. The molecule has 0 spiro atoms. The van der Waals surface area contributed by atoms with Crippen molar-refractivity contribution in [1.29, 1.82) is 10.5 Å². The molecule has 1 atom stereocenters. The first-order chi connectivity index (χ1) is 15.5. The highest BCUT2D eigenvalue weighted by Gasteiger charge is 2.29. The van der Waals surface area contributed by atoms with Gasteiger partial charge < -0.3 is 26.3 Å². The first kappa shape index (κ1) is 22.2. The zero-order valence-corrected chi connectivity index (χ0v) is 17.4. The van der Waals surface area contributed by atoms with E-state index in [1.165, 1.54) is 0 Å². The van der Waals surface area contributed by atoms with Crippen molar-refractivity contribution in [2.75, 3.05) is 30.0 Å². The highest BCUT2D eigenvalue weighted by atomic mass is 16.5. The molecule has 1 aliphatic heterocycles. The van der Waals surface area contributed by atoms with Crippen LogP contribution >= 0.6 is 0 Å². The molecule has 0 saturated heterocycles. The lowest BCUT2D eigenvalue weighted by Gasteiger charge is -2.26. The minimum Gasteiger partial charge on any atom is -0.494 e. The van der Waals surface area contributed by atoms with Crippen LogP contribution in [0.2, 0.25) is 0 Å². The molecular weight excluding hydrogens is 412 g/mol. The molecule has 3 rings (SSSR count). The number of nitrogens with one attached hydrogen (secondary N) is 2. The number of hydrogen-bond acceptors (Lipinski definition) is 11. The molecule has 0 fully saturated rings. The molecule has 1 aliphatic rings. The summed E-state index contributed by atoms with van der Waals surface area (Å²) in [5.41, 5.74) is 13.5. The van der Waals surface area contributed by atoms with Gasteiger partial charge in [-0.2, -0.15) is 10.5 Å². The Hall–Kier alpha value is -4.51. The van der Waals surface area contributed by atoms with Gasteiger partial charge in [-0.05, 0) is 31.0 Å². The Balaban J connectivity index is 1.89. The first-order valence-corrected chi connectivity index (χ1v) is 9.85. The number of aromatic nitrogens is 1. The molecule has 0 radical (unpaired) electrons. The van der Waals surface area contributed by atoms with E-state index in [-0.39, 0.29) is 35.4 Å². The van der Waals surface area contributed by atoms with E-state index in [2.05, 4.69) is 20.6 Å². The van der Waals surface area contributed by atoms with E-state index in [1.54, 1.807) is 25.1 Å². The van der Waals surface area contributed by atoms with E-state index < -0.39 is 6.04 Å². The van der Waals surface area contributed by atoms with Gasteiger partial charge in [0.05, 0.1) is 18.9 Å². The summed E-state index contributed by atoms with van der Waals surface area (Å²) in [6, 6.07) is 8.47. The molecular formula is C21H22N8O3. The van der Waals surface area contributed by atoms with Gasteiger partial charge in [0.25, 0.3) is 0 Å². The van der Waals surface area contributed by atoms with Crippen LogP contribution in [0.3, 0.4) is 0 Å². The zero-order chi connectivity index (χ0) is 23.1. The van der Waals surface area contributed by atoms with Crippen molar-refractivity contribution in [2.24, 2.45) is 4.99 Å². The molecule has 32 heavy (non-hydrogen) atoms. The summed E-state index contributed by atoms with van der Waals surface area (Å²) in [5.74, 6) is 0.753. The number of hydrogen-bond donors (Lipinski definition) is 4. The lowest BCUT2D eigenvalue weighted by atomic mass is 9.95. The molecule has 1 aromatic carbocycles. The fourth-order valence-electron chi connectivity index (χ4n) is 3.24. The van der Waals surface area contributed by atoms with Gasteiger partial charge in [0.2, 0.25) is 5.96 Å². The van der Waals surface area contributed by atoms with Gasteiger partial charge in [-0.1, -0.05) is 12.1 Å². The van der Waals surface area contributed by atoms with E-state index in [4.69, 9.17) is 26.2 Å². The molecule has 0 bridgehead atoms. The number of rotatable bonds is 7. The molecule has 1 aromatic heterocycles. The quantitative estimate of drug-likeness (QED) is 0.217. The Morgan fingerprint density at radius 2 is 2.16 bits per heavy atom. The highest BCUT2D eigenvalue weighted by Crippen LogP contribution is 2.41. The monoisotopic (exact) mass is 434 g/mol. The second-order valence-electron chi connectivity index (χ2n) is 6.73. The number of esters is 1. The van der Waals surface area contributed by atoms with Crippen LogP contribution in [0, 0.1) is 22.8 Å².